The zero-order valence-electron chi connectivity index (χ0n) is 16.4. The molecule has 8 heteroatoms. The summed E-state index contributed by atoms with van der Waals surface area (Å²) >= 11 is 0. The number of ether oxygens (including phenoxy) is 1. The van der Waals surface area contributed by atoms with E-state index in [9.17, 15) is 19.8 Å². The molecule has 0 unspecified atom stereocenters. The molecule has 1 aliphatic heterocycles. The van der Waals surface area contributed by atoms with Gasteiger partial charge in [-0.2, -0.15) is 0 Å². The van der Waals surface area contributed by atoms with Crippen molar-refractivity contribution in [2.24, 2.45) is 5.73 Å². The van der Waals surface area contributed by atoms with E-state index in [1.54, 1.807) is 6.07 Å². The Balaban J connectivity index is 2.02. The van der Waals surface area contributed by atoms with Crippen molar-refractivity contribution in [3.8, 4) is 17.2 Å². The second kappa shape index (κ2) is 9.00. The highest BCUT2D eigenvalue weighted by Gasteiger charge is 2.26. The van der Waals surface area contributed by atoms with Crippen LogP contribution in [-0.4, -0.2) is 41.2 Å². The molecule has 29 heavy (non-hydrogen) atoms. The van der Waals surface area contributed by atoms with E-state index in [0.29, 0.717) is 17.9 Å². The lowest BCUT2D eigenvalue weighted by Crippen LogP contribution is -2.29. The van der Waals surface area contributed by atoms with Gasteiger partial charge in [-0.3, -0.25) is 14.5 Å². The molecule has 1 atom stereocenters. The maximum absolute atomic E-state index is 12.4. The molecule has 1 fully saturated rings. The van der Waals surface area contributed by atoms with Gasteiger partial charge in [0.25, 0.3) is 0 Å². The van der Waals surface area contributed by atoms with Crippen LogP contribution in [0.4, 0.5) is 0 Å². The maximum Gasteiger partial charge on any atom is 0.227 e. The summed E-state index contributed by atoms with van der Waals surface area (Å²) < 4.78 is 11.0. The molecule has 1 aromatic heterocycles. The second-order valence-corrected chi connectivity index (χ2v) is 7.28. The fourth-order valence-electron chi connectivity index (χ4n) is 3.68. The van der Waals surface area contributed by atoms with Crippen molar-refractivity contribution in [1.29, 1.82) is 0 Å². The number of piperidine rings is 1. The van der Waals surface area contributed by atoms with Crippen molar-refractivity contribution in [3.05, 3.63) is 51.6 Å². The van der Waals surface area contributed by atoms with E-state index in [4.69, 9.17) is 14.9 Å². The largest absolute Gasteiger partial charge is 0.504 e. The Hall–Kier alpha value is -3.00. The zero-order valence-corrected chi connectivity index (χ0v) is 16.4. The number of hydrogen-bond acceptors (Lipinski definition) is 7. The van der Waals surface area contributed by atoms with E-state index in [1.807, 2.05) is 0 Å². The molecule has 2 aromatic rings. The van der Waals surface area contributed by atoms with Gasteiger partial charge in [-0.25, -0.2) is 0 Å². The number of primary amides is 1. The number of amides is 1. The zero-order chi connectivity index (χ0) is 21.0. The summed E-state index contributed by atoms with van der Waals surface area (Å²) in [5.41, 5.74) is 5.36. The first kappa shape index (κ1) is 20.7. The third kappa shape index (κ3) is 4.89. The molecule has 0 spiro atoms. The minimum Gasteiger partial charge on any atom is -0.504 e. The lowest BCUT2D eigenvalue weighted by Gasteiger charge is -2.26. The topological polar surface area (TPSA) is 126 Å². The maximum atomic E-state index is 12.4. The van der Waals surface area contributed by atoms with E-state index in [-0.39, 0.29) is 23.7 Å². The fraction of sp³-hybridized carbons (Fsp3) is 0.429. The van der Waals surface area contributed by atoms with E-state index in [1.165, 1.54) is 31.7 Å². The van der Waals surface area contributed by atoms with Crippen molar-refractivity contribution in [2.75, 3.05) is 20.2 Å². The van der Waals surface area contributed by atoms with Gasteiger partial charge in [0.1, 0.15) is 5.76 Å². The van der Waals surface area contributed by atoms with Gasteiger partial charge < -0.3 is 25.1 Å². The fourth-order valence-corrected chi connectivity index (χ4v) is 3.68. The average molecular weight is 402 g/mol. The minimum absolute atomic E-state index is 0.0175. The SMILES string of the molecule is COc1cc([C@H](CC(N)=O)c2oc(CN3CCCCC3)cc(=O)c2O)ccc1O. The molecule has 8 nitrogen and oxygen atoms in total. The minimum atomic E-state index is -0.795. The molecule has 3 rings (SSSR count). The molecule has 0 bridgehead atoms. The number of methoxy groups -OCH3 is 1. The van der Waals surface area contributed by atoms with Crippen LogP contribution in [0, 0.1) is 0 Å². The molecule has 156 valence electrons. The van der Waals surface area contributed by atoms with Crippen LogP contribution in [0.1, 0.15) is 48.7 Å². The van der Waals surface area contributed by atoms with Crippen molar-refractivity contribution in [1.82, 2.24) is 4.90 Å². The molecule has 1 amide bonds. The number of nitrogens with zero attached hydrogens (tertiary/aromatic N) is 1. The summed E-state index contributed by atoms with van der Waals surface area (Å²) in [5, 5.41) is 20.3. The number of hydrogen-bond donors (Lipinski definition) is 3. The average Bonchev–Trinajstić information content (AvgIpc) is 2.70. The van der Waals surface area contributed by atoms with E-state index in [2.05, 4.69) is 4.90 Å². The van der Waals surface area contributed by atoms with Crippen LogP contribution in [0.25, 0.3) is 0 Å². The highest BCUT2D eigenvalue weighted by Crippen LogP contribution is 2.37. The second-order valence-electron chi connectivity index (χ2n) is 7.28. The number of benzene rings is 1. The van der Waals surface area contributed by atoms with Crippen molar-refractivity contribution in [2.45, 2.75) is 38.1 Å². The summed E-state index contributed by atoms with van der Waals surface area (Å²) in [4.78, 5) is 26.3. The Kier molecular flexibility index (Phi) is 6.43. The van der Waals surface area contributed by atoms with Crippen LogP contribution in [0.15, 0.2) is 33.5 Å². The summed E-state index contributed by atoms with van der Waals surface area (Å²) in [6, 6.07) is 5.79. The number of nitrogens with two attached hydrogens (primary N) is 1. The summed E-state index contributed by atoms with van der Waals surface area (Å²) in [6.07, 6.45) is 3.18. The lowest BCUT2D eigenvalue weighted by atomic mass is 9.91. The van der Waals surface area contributed by atoms with Gasteiger partial charge >= 0.3 is 0 Å². The van der Waals surface area contributed by atoms with Gasteiger partial charge in [0, 0.05) is 12.5 Å². The molecule has 4 N–H and O–H groups in total. The first-order valence-electron chi connectivity index (χ1n) is 9.62. The van der Waals surface area contributed by atoms with Crippen LogP contribution in [0.2, 0.25) is 0 Å². The van der Waals surface area contributed by atoms with Crippen LogP contribution < -0.4 is 15.9 Å². The van der Waals surface area contributed by atoms with Gasteiger partial charge in [-0.15, -0.1) is 0 Å². The van der Waals surface area contributed by atoms with Gasteiger partial charge in [-0.1, -0.05) is 12.5 Å². The van der Waals surface area contributed by atoms with E-state index in [0.717, 1.165) is 25.9 Å². The molecule has 0 aliphatic carbocycles. The number of aromatic hydroxyl groups is 2. The molecular weight excluding hydrogens is 376 g/mol. The number of rotatable bonds is 7. The Bertz CT molecular complexity index is 933. The van der Waals surface area contributed by atoms with E-state index < -0.39 is 23.0 Å². The molecule has 0 saturated carbocycles. The molecule has 1 saturated heterocycles. The number of phenolic OH excluding ortho intramolecular Hbond substituents is 1. The van der Waals surface area contributed by atoms with Gasteiger partial charge in [0.2, 0.25) is 17.1 Å². The number of likely N-dealkylation sites (tertiary alicyclic amines) is 1. The standard InChI is InChI=1S/C21H26N2O6/c1-28-18-9-13(5-6-16(18)24)15(11-19(22)26)21-20(27)17(25)10-14(29-21)12-23-7-3-2-4-8-23/h5-6,9-10,15,24,27H,2-4,7-8,11-12H2,1H3,(H2,22,26)/t15-/m0/s1. The third-order valence-electron chi connectivity index (χ3n) is 5.16. The number of carbonyl (C=O) groups is 1. The van der Waals surface area contributed by atoms with Crippen molar-refractivity contribution < 1.29 is 24.2 Å². The molecule has 1 aliphatic rings. The molecule has 1 aromatic carbocycles. The Morgan fingerprint density at radius 3 is 2.62 bits per heavy atom. The number of phenols is 1. The van der Waals surface area contributed by atoms with Crippen molar-refractivity contribution in [3.63, 3.8) is 0 Å². The summed E-state index contributed by atoms with van der Waals surface area (Å²) in [5.74, 6) is -1.44. The monoisotopic (exact) mass is 402 g/mol. The number of carbonyl (C=O) groups excluding carboxylic acids is 1. The highest BCUT2D eigenvalue weighted by molar-refractivity contribution is 5.75. The van der Waals surface area contributed by atoms with Crippen LogP contribution >= 0.6 is 0 Å². The van der Waals surface area contributed by atoms with Crippen molar-refractivity contribution >= 4 is 5.91 Å². The van der Waals surface area contributed by atoms with Crippen LogP contribution in [-0.2, 0) is 11.3 Å². The van der Waals surface area contributed by atoms with Gasteiger partial charge in [-0.05, 0) is 43.6 Å². The molecule has 0 radical (unpaired) electrons. The summed E-state index contributed by atoms with van der Waals surface area (Å²) in [6.45, 7) is 2.28. The van der Waals surface area contributed by atoms with Crippen LogP contribution in [0.5, 0.6) is 17.2 Å². The van der Waals surface area contributed by atoms with Crippen LogP contribution in [0.3, 0.4) is 0 Å². The molecular formula is C21H26N2O6. The first-order valence-corrected chi connectivity index (χ1v) is 9.62. The van der Waals surface area contributed by atoms with Gasteiger partial charge in [0.05, 0.1) is 19.6 Å². The smallest absolute Gasteiger partial charge is 0.227 e. The summed E-state index contributed by atoms with van der Waals surface area (Å²) in [7, 11) is 1.40. The molecule has 2 heterocycles. The Morgan fingerprint density at radius 2 is 1.97 bits per heavy atom. The lowest BCUT2D eigenvalue weighted by molar-refractivity contribution is -0.118. The normalized spacial score (nSPS) is 15.8. The first-order chi connectivity index (χ1) is 13.9. The van der Waals surface area contributed by atoms with Gasteiger partial charge in [0.15, 0.2) is 17.3 Å². The Morgan fingerprint density at radius 1 is 1.24 bits per heavy atom. The third-order valence-corrected chi connectivity index (χ3v) is 5.16. The Labute approximate surface area is 168 Å². The predicted octanol–water partition coefficient (Wildman–Crippen LogP) is 2.05. The quantitative estimate of drug-likeness (QED) is 0.647. The van der Waals surface area contributed by atoms with E-state index >= 15 is 0 Å². The predicted molar refractivity (Wildman–Crippen MR) is 106 cm³/mol. The highest BCUT2D eigenvalue weighted by atomic mass is 16.5.